The zero-order chi connectivity index (χ0) is 25.8. The minimum Gasteiger partial charge on any atom is -0.393 e. The van der Waals surface area contributed by atoms with Crippen LogP contribution in [0.15, 0.2) is 0 Å². The molecule has 4 aliphatic carbocycles. The molecule has 0 aromatic rings. The number of amides is 1. The van der Waals surface area contributed by atoms with E-state index < -0.39 is 33.7 Å². The number of nitrogens with one attached hydrogen (secondary N) is 1. The topological polar surface area (TPSA) is 144 Å². The van der Waals surface area contributed by atoms with Gasteiger partial charge in [0.1, 0.15) is 0 Å². The molecule has 35 heavy (non-hydrogen) atoms. The molecule has 0 aromatic carbocycles. The lowest BCUT2D eigenvalue weighted by Gasteiger charge is -2.65. The van der Waals surface area contributed by atoms with Gasteiger partial charge in [0.25, 0.3) is 10.1 Å². The maximum absolute atomic E-state index is 12.2. The molecule has 0 spiro atoms. The lowest BCUT2D eigenvalue weighted by Crippen LogP contribution is -2.66. The molecule has 4 rings (SSSR count). The summed E-state index contributed by atoms with van der Waals surface area (Å²) in [5.41, 5.74) is -1.20. The molecular weight excluding hydrogens is 470 g/mol. The van der Waals surface area contributed by atoms with E-state index in [0.29, 0.717) is 43.4 Å². The van der Waals surface area contributed by atoms with Gasteiger partial charge < -0.3 is 20.6 Å². The van der Waals surface area contributed by atoms with E-state index in [1.807, 2.05) is 0 Å². The van der Waals surface area contributed by atoms with E-state index in [1.54, 1.807) is 0 Å². The first kappa shape index (κ1) is 27.3. The van der Waals surface area contributed by atoms with Gasteiger partial charge in [-0.25, -0.2) is 0 Å². The molecule has 0 aliphatic heterocycles. The summed E-state index contributed by atoms with van der Waals surface area (Å²) in [4.78, 5) is 12.2. The van der Waals surface area contributed by atoms with Gasteiger partial charge in [-0.3, -0.25) is 9.35 Å². The van der Waals surface area contributed by atoms with Crippen molar-refractivity contribution in [2.75, 3.05) is 12.3 Å². The second kappa shape index (κ2) is 9.53. The summed E-state index contributed by atoms with van der Waals surface area (Å²) in [6.45, 7) is 6.68. The lowest BCUT2D eigenvalue weighted by atomic mass is 9.42. The van der Waals surface area contributed by atoms with Gasteiger partial charge in [0.15, 0.2) is 0 Å². The van der Waals surface area contributed by atoms with Gasteiger partial charge in [-0.2, -0.15) is 8.42 Å². The van der Waals surface area contributed by atoms with Crippen LogP contribution in [0.25, 0.3) is 0 Å². The van der Waals surface area contributed by atoms with E-state index in [0.717, 1.165) is 38.5 Å². The van der Waals surface area contributed by atoms with Gasteiger partial charge in [0.2, 0.25) is 5.91 Å². The molecule has 0 unspecified atom stereocenters. The molecule has 5 N–H and O–H groups in total. The van der Waals surface area contributed by atoms with Crippen LogP contribution in [-0.4, -0.2) is 64.3 Å². The summed E-state index contributed by atoms with van der Waals surface area (Å²) < 4.78 is 30.5. The van der Waals surface area contributed by atoms with Crippen LogP contribution in [0.3, 0.4) is 0 Å². The van der Waals surface area contributed by atoms with Crippen LogP contribution in [0.5, 0.6) is 0 Å². The fraction of sp³-hybridized carbons (Fsp3) is 0.962. The highest BCUT2D eigenvalue weighted by atomic mass is 32.2. The number of rotatable bonds is 7. The highest BCUT2D eigenvalue weighted by Crippen LogP contribution is 2.69. The van der Waals surface area contributed by atoms with Gasteiger partial charge >= 0.3 is 0 Å². The van der Waals surface area contributed by atoms with Crippen LogP contribution in [0.2, 0.25) is 0 Å². The first-order valence-electron chi connectivity index (χ1n) is 13.5. The number of hydrogen-bond acceptors (Lipinski definition) is 6. The van der Waals surface area contributed by atoms with E-state index in [-0.39, 0.29) is 35.1 Å². The van der Waals surface area contributed by atoms with Crippen LogP contribution in [-0.2, 0) is 14.9 Å². The molecule has 10 atom stereocenters. The predicted molar refractivity (Wildman–Crippen MR) is 132 cm³/mol. The Morgan fingerprint density at radius 3 is 2.46 bits per heavy atom. The van der Waals surface area contributed by atoms with Crippen molar-refractivity contribution in [3.63, 3.8) is 0 Å². The summed E-state index contributed by atoms with van der Waals surface area (Å²) in [5.74, 6) is 0.910. The fourth-order valence-electron chi connectivity index (χ4n) is 9.17. The summed E-state index contributed by atoms with van der Waals surface area (Å²) in [6.07, 6.45) is 6.37. The second-order valence-electron chi connectivity index (χ2n) is 12.8. The van der Waals surface area contributed by atoms with Crippen molar-refractivity contribution >= 4 is 16.0 Å². The van der Waals surface area contributed by atoms with E-state index in [9.17, 15) is 28.5 Å². The largest absolute Gasteiger partial charge is 0.393 e. The number of aliphatic hydroxyl groups excluding tert-OH is 2. The van der Waals surface area contributed by atoms with Crippen molar-refractivity contribution in [1.82, 2.24) is 5.32 Å². The Hall–Kier alpha value is -0.740. The van der Waals surface area contributed by atoms with E-state index >= 15 is 0 Å². The Bertz CT molecular complexity index is 911. The monoisotopic (exact) mass is 515 g/mol. The highest BCUT2D eigenvalue weighted by Gasteiger charge is 2.67. The molecule has 1 amide bonds. The molecule has 0 saturated heterocycles. The van der Waals surface area contributed by atoms with Gasteiger partial charge in [0, 0.05) is 25.8 Å². The number of carbonyl (C=O) groups is 1. The molecule has 0 radical (unpaired) electrons. The third-order valence-corrected chi connectivity index (χ3v) is 11.8. The maximum atomic E-state index is 12.2. The lowest BCUT2D eigenvalue weighted by molar-refractivity contribution is -0.249. The Balaban J connectivity index is 1.41. The first-order chi connectivity index (χ1) is 16.2. The molecule has 4 fully saturated rings. The van der Waals surface area contributed by atoms with E-state index in [4.69, 9.17) is 4.55 Å². The predicted octanol–water partition coefficient (Wildman–Crippen LogP) is 2.51. The fourth-order valence-corrected chi connectivity index (χ4v) is 9.53. The minimum atomic E-state index is -4.08. The van der Waals surface area contributed by atoms with Crippen LogP contribution >= 0.6 is 0 Å². The van der Waals surface area contributed by atoms with E-state index in [1.165, 1.54) is 0 Å². The van der Waals surface area contributed by atoms with Gasteiger partial charge in [-0.1, -0.05) is 20.8 Å². The van der Waals surface area contributed by atoms with Crippen molar-refractivity contribution < 1.29 is 33.1 Å². The van der Waals surface area contributed by atoms with Crippen molar-refractivity contribution in [3.05, 3.63) is 0 Å². The van der Waals surface area contributed by atoms with Crippen molar-refractivity contribution in [3.8, 4) is 0 Å². The Morgan fingerprint density at radius 2 is 1.77 bits per heavy atom. The average molecular weight is 516 g/mol. The number of hydrogen-bond donors (Lipinski definition) is 5. The Labute approximate surface area is 210 Å². The second-order valence-corrected chi connectivity index (χ2v) is 14.4. The molecule has 0 heterocycles. The average Bonchev–Trinajstić information content (AvgIpc) is 3.09. The zero-order valence-corrected chi connectivity index (χ0v) is 22.3. The highest BCUT2D eigenvalue weighted by molar-refractivity contribution is 7.85. The third kappa shape index (κ3) is 4.92. The van der Waals surface area contributed by atoms with Crippen LogP contribution in [0.4, 0.5) is 0 Å². The van der Waals surface area contributed by atoms with Gasteiger partial charge in [0.05, 0.1) is 23.6 Å². The Kier molecular flexibility index (Phi) is 7.43. The molecule has 9 heteroatoms. The smallest absolute Gasteiger partial charge is 0.266 e. The molecular formula is C26H45NO7S. The number of aliphatic hydroxyl groups is 3. The van der Waals surface area contributed by atoms with Crippen LogP contribution < -0.4 is 5.32 Å². The standard InChI is InChI=1S/C26H45NO7S/c1-16(4-7-22(30)27-12-13-35(32,33)34)18-5-6-19-23-20(9-10-24(18,19)2)25(3)11-8-17(28)14-26(25,31)15-21(23)29/h16-21,23,28-29,31H,4-15H2,1-3H3,(H,27,30)(H,32,33,34)/t16-,17-,18-,19+,20+,21-,23+,24-,25-,26-/m1/s1. The molecule has 4 saturated carbocycles. The third-order valence-electron chi connectivity index (χ3n) is 11.0. The number of carbonyl (C=O) groups excluding carboxylic acids is 1. The molecule has 202 valence electrons. The maximum Gasteiger partial charge on any atom is 0.266 e. The summed E-state index contributed by atoms with van der Waals surface area (Å²) in [7, 11) is -4.08. The van der Waals surface area contributed by atoms with Crippen molar-refractivity contribution in [2.45, 2.75) is 103 Å². The van der Waals surface area contributed by atoms with Gasteiger partial charge in [-0.05, 0) is 85.4 Å². The first-order valence-corrected chi connectivity index (χ1v) is 15.1. The zero-order valence-electron chi connectivity index (χ0n) is 21.4. The van der Waals surface area contributed by atoms with Crippen molar-refractivity contribution in [1.29, 1.82) is 0 Å². The SMILES string of the molecule is C[C@H](CCC(=O)NCCS(=O)(=O)O)[C@H]1CC[C@H]2[C@@H]3[C@H](O)C[C@]4(O)C[C@H](O)CC[C@]4(C)[C@H]3CC[C@]12C. The molecule has 0 bridgehead atoms. The van der Waals surface area contributed by atoms with Crippen LogP contribution in [0, 0.1) is 40.4 Å². The van der Waals surface area contributed by atoms with Crippen LogP contribution in [0.1, 0.15) is 85.0 Å². The summed E-state index contributed by atoms with van der Waals surface area (Å²) >= 11 is 0. The molecule has 4 aliphatic rings. The summed E-state index contributed by atoms with van der Waals surface area (Å²) in [5, 5.41) is 35.8. The number of fused-ring (bicyclic) bond motifs is 5. The van der Waals surface area contributed by atoms with Gasteiger partial charge in [-0.15, -0.1) is 0 Å². The quantitative estimate of drug-likeness (QED) is 0.328. The van der Waals surface area contributed by atoms with E-state index in [2.05, 4.69) is 26.1 Å². The molecule has 8 nitrogen and oxygen atoms in total. The Morgan fingerprint density at radius 1 is 1.06 bits per heavy atom. The summed E-state index contributed by atoms with van der Waals surface area (Å²) in [6, 6.07) is 0. The molecule has 0 aromatic heterocycles. The van der Waals surface area contributed by atoms with Crippen molar-refractivity contribution in [2.24, 2.45) is 40.4 Å². The normalized spacial score (nSPS) is 46.3. The minimum absolute atomic E-state index is 0.0850.